The van der Waals surface area contributed by atoms with Gasteiger partial charge in [0.15, 0.2) is 0 Å². The third-order valence-electron chi connectivity index (χ3n) is 3.27. The number of nitrogens with zero attached hydrogens (tertiary/aromatic N) is 1. The highest BCUT2D eigenvalue weighted by Crippen LogP contribution is 2.25. The molecule has 0 aliphatic carbocycles. The van der Waals surface area contributed by atoms with Gasteiger partial charge in [0.1, 0.15) is 5.69 Å². The lowest BCUT2D eigenvalue weighted by Gasteiger charge is -2.02. The van der Waals surface area contributed by atoms with E-state index in [0.29, 0.717) is 26.8 Å². The van der Waals surface area contributed by atoms with Gasteiger partial charge in [0.2, 0.25) is 0 Å². The highest BCUT2D eigenvalue weighted by Gasteiger charge is 2.06. The standard InChI is InChI=1S/C17H12Cl2N2O/c1-10-2-4-11(5-3-10)6-7-14-17(22)21-16-9-13(19)12(18)8-15(16)20-14/h2-9H,1H3,(H,21,22). The number of hydrogen-bond acceptors (Lipinski definition) is 2. The molecule has 3 aromatic rings. The third kappa shape index (κ3) is 3.06. The van der Waals surface area contributed by atoms with E-state index in [2.05, 4.69) is 9.97 Å². The predicted octanol–water partition coefficient (Wildman–Crippen LogP) is 4.71. The van der Waals surface area contributed by atoms with E-state index in [-0.39, 0.29) is 5.56 Å². The molecule has 1 aromatic heterocycles. The van der Waals surface area contributed by atoms with Crippen LogP contribution in [0.3, 0.4) is 0 Å². The van der Waals surface area contributed by atoms with E-state index in [0.717, 1.165) is 5.56 Å². The highest BCUT2D eigenvalue weighted by atomic mass is 35.5. The van der Waals surface area contributed by atoms with Crippen LogP contribution in [0.1, 0.15) is 16.8 Å². The number of H-pyrrole nitrogens is 1. The minimum Gasteiger partial charge on any atom is -0.319 e. The minimum atomic E-state index is -0.269. The first-order chi connectivity index (χ1) is 10.5. The normalized spacial score (nSPS) is 11.4. The predicted molar refractivity (Wildman–Crippen MR) is 92.5 cm³/mol. The summed E-state index contributed by atoms with van der Waals surface area (Å²) in [7, 11) is 0. The Morgan fingerprint density at radius 1 is 1.05 bits per heavy atom. The number of fused-ring (bicyclic) bond motifs is 1. The molecule has 0 saturated heterocycles. The monoisotopic (exact) mass is 330 g/mol. The zero-order valence-corrected chi connectivity index (χ0v) is 13.2. The molecule has 3 nitrogen and oxygen atoms in total. The molecule has 110 valence electrons. The van der Waals surface area contributed by atoms with Crippen LogP contribution >= 0.6 is 23.2 Å². The Kier molecular flexibility index (Phi) is 4.01. The van der Waals surface area contributed by atoms with Crippen LogP contribution in [0.4, 0.5) is 0 Å². The van der Waals surface area contributed by atoms with E-state index in [1.54, 1.807) is 18.2 Å². The average Bonchev–Trinajstić information content (AvgIpc) is 2.49. The van der Waals surface area contributed by atoms with Crippen LogP contribution in [0.2, 0.25) is 10.0 Å². The Morgan fingerprint density at radius 2 is 1.73 bits per heavy atom. The summed E-state index contributed by atoms with van der Waals surface area (Å²) < 4.78 is 0. The topological polar surface area (TPSA) is 45.8 Å². The fourth-order valence-electron chi connectivity index (χ4n) is 2.06. The molecule has 1 N–H and O–H groups in total. The number of nitrogens with one attached hydrogen (secondary N) is 1. The molecule has 0 amide bonds. The Bertz CT molecular complexity index is 928. The van der Waals surface area contributed by atoms with Gasteiger partial charge in [-0.15, -0.1) is 0 Å². The molecule has 0 radical (unpaired) electrons. The lowest BCUT2D eigenvalue weighted by atomic mass is 10.1. The van der Waals surface area contributed by atoms with E-state index in [1.165, 1.54) is 5.56 Å². The number of hydrogen-bond donors (Lipinski definition) is 1. The number of aromatic nitrogens is 2. The number of halogens is 2. The van der Waals surface area contributed by atoms with Crippen LogP contribution < -0.4 is 5.56 Å². The smallest absolute Gasteiger partial charge is 0.274 e. The zero-order valence-electron chi connectivity index (χ0n) is 11.7. The third-order valence-corrected chi connectivity index (χ3v) is 3.99. The summed E-state index contributed by atoms with van der Waals surface area (Å²) in [6, 6.07) is 11.2. The maximum atomic E-state index is 12.1. The van der Waals surface area contributed by atoms with Crippen molar-refractivity contribution < 1.29 is 0 Å². The van der Waals surface area contributed by atoms with Gasteiger partial charge in [-0.05, 0) is 30.7 Å². The fraction of sp³-hybridized carbons (Fsp3) is 0.0588. The van der Waals surface area contributed by atoms with Crippen molar-refractivity contribution in [2.45, 2.75) is 6.92 Å². The first kappa shape index (κ1) is 14.8. The van der Waals surface area contributed by atoms with Crippen molar-refractivity contribution in [2.75, 3.05) is 0 Å². The van der Waals surface area contributed by atoms with Gasteiger partial charge in [-0.1, -0.05) is 59.1 Å². The molecule has 0 fully saturated rings. The van der Waals surface area contributed by atoms with Gasteiger partial charge in [0, 0.05) is 0 Å². The second-order valence-electron chi connectivity index (χ2n) is 4.98. The lowest BCUT2D eigenvalue weighted by molar-refractivity contribution is 1.19. The van der Waals surface area contributed by atoms with Crippen molar-refractivity contribution in [3.8, 4) is 0 Å². The molecule has 5 heteroatoms. The van der Waals surface area contributed by atoms with Gasteiger partial charge in [-0.2, -0.15) is 0 Å². The Morgan fingerprint density at radius 3 is 2.45 bits per heavy atom. The van der Waals surface area contributed by atoms with E-state index < -0.39 is 0 Å². The molecule has 22 heavy (non-hydrogen) atoms. The summed E-state index contributed by atoms with van der Waals surface area (Å²) in [6.45, 7) is 2.03. The van der Waals surface area contributed by atoms with Gasteiger partial charge >= 0.3 is 0 Å². The summed E-state index contributed by atoms with van der Waals surface area (Å²) in [6.07, 6.45) is 3.53. The average molecular weight is 331 g/mol. The Balaban J connectivity index is 2.03. The van der Waals surface area contributed by atoms with E-state index in [4.69, 9.17) is 23.2 Å². The quantitative estimate of drug-likeness (QED) is 0.739. The maximum Gasteiger partial charge on any atom is 0.274 e. The van der Waals surface area contributed by atoms with Crippen LogP contribution in [0.15, 0.2) is 41.2 Å². The van der Waals surface area contributed by atoms with Crippen molar-refractivity contribution in [3.05, 3.63) is 73.6 Å². The Hall–Kier alpha value is -2.10. The van der Waals surface area contributed by atoms with Gasteiger partial charge in [-0.25, -0.2) is 4.98 Å². The number of aryl methyl sites for hydroxylation is 1. The van der Waals surface area contributed by atoms with Gasteiger partial charge in [0.25, 0.3) is 5.56 Å². The van der Waals surface area contributed by atoms with E-state index >= 15 is 0 Å². The van der Waals surface area contributed by atoms with Crippen LogP contribution in [0, 0.1) is 6.92 Å². The molecular weight excluding hydrogens is 319 g/mol. The van der Waals surface area contributed by atoms with Crippen LogP contribution in [0.5, 0.6) is 0 Å². The SMILES string of the molecule is Cc1ccc(C=Cc2nc3cc(Cl)c(Cl)cc3[nH]c2=O)cc1. The van der Waals surface area contributed by atoms with E-state index in [1.807, 2.05) is 37.3 Å². The summed E-state index contributed by atoms with van der Waals surface area (Å²) in [4.78, 5) is 19.2. The number of benzene rings is 2. The molecule has 0 atom stereocenters. The van der Waals surface area contributed by atoms with Crippen molar-refractivity contribution in [3.63, 3.8) is 0 Å². The lowest BCUT2D eigenvalue weighted by Crippen LogP contribution is -2.11. The van der Waals surface area contributed by atoms with Gasteiger partial charge in [0.05, 0.1) is 21.1 Å². The molecule has 0 bridgehead atoms. The molecule has 0 aliphatic heterocycles. The van der Waals surface area contributed by atoms with Crippen LogP contribution in [0.25, 0.3) is 23.2 Å². The second-order valence-corrected chi connectivity index (χ2v) is 5.79. The minimum absolute atomic E-state index is 0.269. The number of aromatic amines is 1. The molecule has 3 rings (SSSR count). The van der Waals surface area contributed by atoms with Crippen LogP contribution in [-0.2, 0) is 0 Å². The molecule has 0 unspecified atom stereocenters. The largest absolute Gasteiger partial charge is 0.319 e. The fourth-order valence-corrected chi connectivity index (χ4v) is 2.38. The first-order valence-corrected chi connectivity index (χ1v) is 7.42. The maximum absolute atomic E-state index is 12.1. The summed E-state index contributed by atoms with van der Waals surface area (Å²) >= 11 is 11.9. The zero-order chi connectivity index (χ0) is 15.7. The molecule has 2 aromatic carbocycles. The summed E-state index contributed by atoms with van der Waals surface area (Å²) in [5, 5.41) is 0.789. The number of rotatable bonds is 2. The molecular formula is C17H12Cl2N2O. The van der Waals surface area contributed by atoms with Crippen molar-refractivity contribution in [1.82, 2.24) is 9.97 Å². The second kappa shape index (κ2) is 5.95. The van der Waals surface area contributed by atoms with Gasteiger partial charge in [-0.3, -0.25) is 4.79 Å². The molecule has 0 saturated carbocycles. The molecule has 1 heterocycles. The van der Waals surface area contributed by atoms with Crippen molar-refractivity contribution >= 4 is 46.4 Å². The van der Waals surface area contributed by atoms with Crippen molar-refractivity contribution in [1.29, 1.82) is 0 Å². The van der Waals surface area contributed by atoms with E-state index in [9.17, 15) is 4.79 Å². The summed E-state index contributed by atoms with van der Waals surface area (Å²) in [5.74, 6) is 0. The Labute approximate surface area is 137 Å². The summed E-state index contributed by atoms with van der Waals surface area (Å²) in [5.41, 5.74) is 3.40. The highest BCUT2D eigenvalue weighted by molar-refractivity contribution is 6.42. The van der Waals surface area contributed by atoms with Gasteiger partial charge < -0.3 is 4.98 Å². The molecule has 0 aliphatic rings. The van der Waals surface area contributed by atoms with Crippen LogP contribution in [-0.4, -0.2) is 9.97 Å². The molecule has 0 spiro atoms. The first-order valence-electron chi connectivity index (χ1n) is 6.67. The van der Waals surface area contributed by atoms with Crippen molar-refractivity contribution in [2.24, 2.45) is 0 Å².